The van der Waals surface area contributed by atoms with Gasteiger partial charge in [-0.3, -0.25) is 14.9 Å². The van der Waals surface area contributed by atoms with Crippen LogP contribution in [-0.4, -0.2) is 37.9 Å². The lowest BCUT2D eigenvalue weighted by atomic mass is 10.2. The summed E-state index contributed by atoms with van der Waals surface area (Å²) >= 11 is 7.32. The molecule has 0 spiro atoms. The average molecular weight is 412 g/mol. The molecule has 136 valence electrons. The molecule has 0 radical (unpaired) electrons. The smallest absolute Gasteiger partial charge is 0.266 e. The van der Waals surface area contributed by atoms with E-state index < -0.39 is 15.9 Å². The van der Waals surface area contributed by atoms with Crippen LogP contribution in [0, 0.1) is 0 Å². The van der Waals surface area contributed by atoms with E-state index >= 15 is 0 Å². The van der Waals surface area contributed by atoms with E-state index in [1.165, 1.54) is 43.7 Å². The molecule has 1 aromatic heterocycles. The van der Waals surface area contributed by atoms with E-state index in [1.807, 2.05) is 24.3 Å². The van der Waals surface area contributed by atoms with Gasteiger partial charge in [-0.1, -0.05) is 39.5 Å². The van der Waals surface area contributed by atoms with Crippen molar-refractivity contribution in [1.29, 1.82) is 0 Å². The lowest BCUT2D eigenvalue weighted by Gasteiger charge is -2.15. The van der Waals surface area contributed by atoms with E-state index in [2.05, 4.69) is 10.3 Å². The highest BCUT2D eigenvalue weighted by Crippen LogP contribution is 2.28. The molecule has 0 unspecified atom stereocenters. The van der Waals surface area contributed by atoms with Crippen LogP contribution in [0.5, 0.6) is 0 Å². The number of nitrogens with one attached hydrogen (secondary N) is 1. The predicted octanol–water partition coefficient (Wildman–Crippen LogP) is 3.38. The zero-order valence-corrected chi connectivity index (χ0v) is 16.2. The normalized spacial score (nSPS) is 11.8. The standard InChI is InChI=1S/C16H14ClN3O4S2/c1-20(24-2)26(22,23)14-9-10(7-8-11(14)17)15(21)19-16-18-12-5-3-4-6-13(12)25-16/h3-9H,1-2H3,(H,18,19,21). The number of carbonyl (C=O) groups excluding carboxylic acids is 1. The molecule has 10 heteroatoms. The van der Waals surface area contributed by atoms with Gasteiger partial charge in [-0.05, 0) is 30.3 Å². The number of anilines is 1. The van der Waals surface area contributed by atoms with Gasteiger partial charge >= 0.3 is 0 Å². The van der Waals surface area contributed by atoms with Crippen molar-refractivity contribution >= 4 is 54.2 Å². The van der Waals surface area contributed by atoms with E-state index in [4.69, 9.17) is 16.4 Å². The Balaban J connectivity index is 1.91. The first-order valence-electron chi connectivity index (χ1n) is 7.32. The van der Waals surface area contributed by atoms with Crippen LogP contribution in [0.1, 0.15) is 10.4 Å². The van der Waals surface area contributed by atoms with Gasteiger partial charge in [-0.2, -0.15) is 0 Å². The Kier molecular flexibility index (Phi) is 5.26. The molecular formula is C16H14ClN3O4S2. The monoisotopic (exact) mass is 411 g/mol. The minimum absolute atomic E-state index is 0.00885. The summed E-state index contributed by atoms with van der Waals surface area (Å²) < 4.78 is 26.4. The number of hydroxylamine groups is 1. The molecular weight excluding hydrogens is 398 g/mol. The first-order chi connectivity index (χ1) is 12.3. The number of benzene rings is 2. The van der Waals surface area contributed by atoms with Crippen molar-refractivity contribution in [2.24, 2.45) is 0 Å². The van der Waals surface area contributed by atoms with Gasteiger partial charge in [0, 0.05) is 12.6 Å². The highest BCUT2D eigenvalue weighted by Gasteiger charge is 2.25. The Labute approximate surface area is 159 Å². The second-order valence-electron chi connectivity index (χ2n) is 5.18. The van der Waals surface area contributed by atoms with E-state index in [0.29, 0.717) is 9.60 Å². The molecule has 0 saturated carbocycles. The van der Waals surface area contributed by atoms with Crippen LogP contribution >= 0.6 is 22.9 Å². The predicted molar refractivity (Wildman–Crippen MR) is 101 cm³/mol. The van der Waals surface area contributed by atoms with Gasteiger partial charge in [-0.15, -0.1) is 0 Å². The summed E-state index contributed by atoms with van der Waals surface area (Å²) in [4.78, 5) is 21.3. The first kappa shape index (κ1) is 18.7. The van der Waals surface area contributed by atoms with Crippen molar-refractivity contribution < 1.29 is 18.0 Å². The molecule has 0 aliphatic carbocycles. The maximum Gasteiger partial charge on any atom is 0.266 e. The molecule has 0 atom stereocenters. The minimum Gasteiger partial charge on any atom is -0.298 e. The molecule has 26 heavy (non-hydrogen) atoms. The molecule has 0 fully saturated rings. The molecule has 1 N–H and O–H groups in total. The molecule has 1 amide bonds. The number of halogens is 1. The van der Waals surface area contributed by atoms with Gasteiger partial charge in [0.15, 0.2) is 5.13 Å². The molecule has 2 aromatic carbocycles. The highest BCUT2D eigenvalue weighted by atomic mass is 35.5. The van der Waals surface area contributed by atoms with Crippen LogP contribution in [0.2, 0.25) is 5.02 Å². The number of aromatic nitrogens is 1. The summed E-state index contributed by atoms with van der Waals surface area (Å²) in [5.74, 6) is -0.489. The Hall–Kier alpha value is -2.04. The van der Waals surface area contributed by atoms with Crippen molar-refractivity contribution in [3.8, 4) is 0 Å². The number of carbonyl (C=O) groups is 1. The van der Waals surface area contributed by atoms with Crippen molar-refractivity contribution in [3.63, 3.8) is 0 Å². The summed E-state index contributed by atoms with van der Waals surface area (Å²) in [5, 5.41) is 3.09. The SMILES string of the molecule is CON(C)S(=O)(=O)c1cc(C(=O)Nc2nc3ccccc3s2)ccc1Cl. The quantitative estimate of drug-likeness (QED) is 0.650. The Morgan fingerprint density at radius 2 is 2.00 bits per heavy atom. The van der Waals surface area contributed by atoms with Crippen molar-refractivity contribution in [3.05, 3.63) is 53.1 Å². The van der Waals surface area contributed by atoms with Crippen LogP contribution in [-0.2, 0) is 14.9 Å². The average Bonchev–Trinajstić information content (AvgIpc) is 3.03. The zero-order valence-electron chi connectivity index (χ0n) is 13.8. The molecule has 3 rings (SSSR count). The number of nitrogens with zero attached hydrogens (tertiary/aromatic N) is 2. The van der Waals surface area contributed by atoms with Gasteiger partial charge in [0.05, 0.1) is 22.3 Å². The number of sulfonamides is 1. The second-order valence-corrected chi connectivity index (χ2v) is 8.53. The van der Waals surface area contributed by atoms with E-state index in [9.17, 15) is 13.2 Å². The summed E-state index contributed by atoms with van der Waals surface area (Å²) in [5.41, 5.74) is 0.908. The Morgan fingerprint density at radius 3 is 2.69 bits per heavy atom. The molecule has 1 heterocycles. The summed E-state index contributed by atoms with van der Waals surface area (Å²) in [6.07, 6.45) is 0. The summed E-state index contributed by atoms with van der Waals surface area (Å²) in [6.45, 7) is 0. The van der Waals surface area contributed by atoms with Gasteiger partial charge in [0.25, 0.3) is 15.9 Å². The number of para-hydroxylation sites is 1. The molecule has 3 aromatic rings. The van der Waals surface area contributed by atoms with Crippen LogP contribution in [0.25, 0.3) is 10.2 Å². The number of hydrogen-bond acceptors (Lipinski definition) is 6. The van der Waals surface area contributed by atoms with Crippen molar-refractivity contribution in [2.45, 2.75) is 4.90 Å². The number of amides is 1. The third-order valence-corrected chi connectivity index (χ3v) is 6.69. The molecule has 0 bridgehead atoms. The molecule has 0 aliphatic rings. The second kappa shape index (κ2) is 7.29. The Bertz CT molecular complexity index is 1050. The van der Waals surface area contributed by atoms with Crippen molar-refractivity contribution in [2.75, 3.05) is 19.5 Å². The lowest BCUT2D eigenvalue weighted by molar-refractivity contribution is -0.0258. The third-order valence-electron chi connectivity index (χ3n) is 3.58. The molecule has 0 aliphatic heterocycles. The van der Waals surface area contributed by atoms with Gasteiger partial charge in [-0.25, -0.2) is 13.4 Å². The van der Waals surface area contributed by atoms with Crippen LogP contribution < -0.4 is 5.32 Å². The largest absolute Gasteiger partial charge is 0.298 e. The number of thiazole rings is 1. The van der Waals surface area contributed by atoms with Gasteiger partial charge in [0.1, 0.15) is 4.90 Å². The van der Waals surface area contributed by atoms with E-state index in [0.717, 1.165) is 10.2 Å². The topological polar surface area (TPSA) is 88.6 Å². The maximum absolute atomic E-state index is 12.5. The fraction of sp³-hybridized carbons (Fsp3) is 0.125. The van der Waals surface area contributed by atoms with Crippen LogP contribution in [0.4, 0.5) is 5.13 Å². The fourth-order valence-corrected chi connectivity index (χ4v) is 4.51. The van der Waals surface area contributed by atoms with Crippen molar-refractivity contribution in [1.82, 2.24) is 9.45 Å². The lowest BCUT2D eigenvalue weighted by Crippen LogP contribution is -2.26. The molecule has 7 nitrogen and oxygen atoms in total. The highest BCUT2D eigenvalue weighted by molar-refractivity contribution is 7.89. The number of rotatable bonds is 5. The minimum atomic E-state index is -3.98. The van der Waals surface area contributed by atoms with E-state index in [-0.39, 0.29) is 15.5 Å². The van der Waals surface area contributed by atoms with Gasteiger partial charge < -0.3 is 0 Å². The van der Waals surface area contributed by atoms with E-state index in [1.54, 1.807) is 0 Å². The first-order valence-corrected chi connectivity index (χ1v) is 9.96. The molecule has 0 saturated heterocycles. The zero-order chi connectivity index (χ0) is 18.9. The number of hydrogen-bond donors (Lipinski definition) is 1. The maximum atomic E-state index is 12.5. The van der Waals surface area contributed by atoms with Gasteiger partial charge in [0.2, 0.25) is 0 Å². The summed E-state index contributed by atoms with van der Waals surface area (Å²) in [7, 11) is -1.53. The van der Waals surface area contributed by atoms with Crippen LogP contribution in [0.3, 0.4) is 0 Å². The number of fused-ring (bicyclic) bond motifs is 1. The summed E-state index contributed by atoms with van der Waals surface area (Å²) in [6, 6.07) is 11.5. The Morgan fingerprint density at radius 1 is 1.27 bits per heavy atom. The fourth-order valence-electron chi connectivity index (χ4n) is 2.17. The third kappa shape index (κ3) is 3.57. The van der Waals surface area contributed by atoms with Crippen LogP contribution in [0.15, 0.2) is 47.4 Å².